The molecule has 1 nitrogen and oxygen atoms in total. The van der Waals surface area contributed by atoms with Crippen molar-refractivity contribution in [1.29, 1.82) is 0 Å². The number of hydrogen-bond donors (Lipinski definition) is 1. The van der Waals surface area contributed by atoms with Crippen LogP contribution in [0.3, 0.4) is 0 Å². The van der Waals surface area contributed by atoms with E-state index in [4.69, 9.17) is 0 Å². The summed E-state index contributed by atoms with van der Waals surface area (Å²) >= 11 is 3.74. The van der Waals surface area contributed by atoms with Crippen LogP contribution in [0.4, 0.5) is 0 Å². The molecule has 0 spiro atoms. The van der Waals surface area contributed by atoms with E-state index in [1.165, 1.54) is 14.6 Å². The molecule has 1 unspecified atom stereocenters. The molecule has 1 N–H and O–H groups in total. The second-order valence-electron chi connectivity index (χ2n) is 4.28. The maximum absolute atomic E-state index is 3.66. The summed E-state index contributed by atoms with van der Waals surface area (Å²) in [5.41, 5.74) is 0. The Hall–Kier alpha value is -0.640. The molecule has 0 amide bonds. The van der Waals surface area contributed by atoms with Crippen LogP contribution in [-0.4, -0.2) is 0 Å². The fraction of sp³-hybridized carbons (Fsp3) is 0.429. The molecule has 0 radical (unpaired) electrons. The van der Waals surface area contributed by atoms with Crippen LogP contribution in [0.25, 0.3) is 0 Å². The Morgan fingerprint density at radius 3 is 2.47 bits per heavy atom. The summed E-state index contributed by atoms with van der Waals surface area (Å²) in [6.07, 6.45) is 1.14. The van der Waals surface area contributed by atoms with Crippen molar-refractivity contribution in [2.75, 3.05) is 0 Å². The lowest BCUT2D eigenvalue weighted by Gasteiger charge is -2.18. The molecule has 3 heteroatoms. The van der Waals surface area contributed by atoms with Crippen molar-refractivity contribution in [3.63, 3.8) is 0 Å². The van der Waals surface area contributed by atoms with Crippen molar-refractivity contribution in [2.45, 2.75) is 39.3 Å². The summed E-state index contributed by atoms with van der Waals surface area (Å²) in [5.74, 6) is 0. The van der Waals surface area contributed by atoms with E-state index in [9.17, 15) is 0 Å². The van der Waals surface area contributed by atoms with E-state index in [1.807, 2.05) is 22.7 Å². The first-order chi connectivity index (χ1) is 8.20. The molecule has 17 heavy (non-hydrogen) atoms. The Morgan fingerprint density at radius 2 is 1.88 bits per heavy atom. The highest BCUT2D eigenvalue weighted by atomic mass is 32.1. The quantitative estimate of drug-likeness (QED) is 0.820. The van der Waals surface area contributed by atoms with Crippen LogP contribution in [-0.2, 0) is 6.42 Å². The first kappa shape index (κ1) is 12.8. The van der Waals surface area contributed by atoms with Crippen LogP contribution < -0.4 is 5.32 Å². The van der Waals surface area contributed by atoms with Crippen molar-refractivity contribution < 1.29 is 0 Å². The number of rotatable bonds is 5. The van der Waals surface area contributed by atoms with Crippen LogP contribution in [0.15, 0.2) is 29.6 Å². The normalized spacial score (nSPS) is 14.8. The zero-order valence-electron chi connectivity index (χ0n) is 10.6. The first-order valence-electron chi connectivity index (χ1n) is 6.08. The van der Waals surface area contributed by atoms with Gasteiger partial charge in [-0.3, -0.25) is 0 Å². The van der Waals surface area contributed by atoms with Gasteiger partial charge in [-0.25, -0.2) is 0 Å². The third kappa shape index (κ3) is 3.18. The smallest absolute Gasteiger partial charge is 0.0391 e. The lowest BCUT2D eigenvalue weighted by atomic mass is 10.2. The molecule has 0 aliphatic rings. The molecule has 0 fully saturated rings. The summed E-state index contributed by atoms with van der Waals surface area (Å²) in [4.78, 5) is 4.31. The highest BCUT2D eigenvalue weighted by molar-refractivity contribution is 7.12. The van der Waals surface area contributed by atoms with Crippen molar-refractivity contribution >= 4 is 22.7 Å². The highest BCUT2D eigenvalue weighted by Gasteiger charge is 2.13. The fourth-order valence-corrected chi connectivity index (χ4v) is 3.60. The van der Waals surface area contributed by atoms with Gasteiger partial charge in [0.1, 0.15) is 0 Å². The Balaban J connectivity index is 1.99. The predicted octanol–water partition coefficient (Wildman–Crippen LogP) is 4.78. The van der Waals surface area contributed by atoms with E-state index >= 15 is 0 Å². The van der Waals surface area contributed by atoms with Gasteiger partial charge in [0.15, 0.2) is 0 Å². The predicted molar refractivity (Wildman–Crippen MR) is 78.0 cm³/mol. The molecule has 2 aromatic rings. The first-order valence-corrected chi connectivity index (χ1v) is 7.78. The van der Waals surface area contributed by atoms with Gasteiger partial charge in [0, 0.05) is 26.7 Å². The summed E-state index contributed by atoms with van der Waals surface area (Å²) < 4.78 is 0. The van der Waals surface area contributed by atoms with Gasteiger partial charge in [-0.2, -0.15) is 0 Å². The highest BCUT2D eigenvalue weighted by Crippen LogP contribution is 2.27. The molecule has 0 aliphatic heterocycles. The monoisotopic (exact) mass is 265 g/mol. The largest absolute Gasteiger partial charge is 0.302 e. The zero-order valence-corrected chi connectivity index (χ0v) is 12.2. The fourth-order valence-electron chi connectivity index (χ4n) is 1.89. The average molecular weight is 265 g/mol. The van der Waals surface area contributed by atoms with E-state index in [2.05, 4.69) is 55.7 Å². The minimum Gasteiger partial charge on any atom is -0.302 e. The number of thiophene rings is 2. The number of aryl methyl sites for hydroxylation is 1. The molecular weight excluding hydrogens is 246 g/mol. The van der Waals surface area contributed by atoms with Gasteiger partial charge in [-0.1, -0.05) is 13.0 Å². The standard InChI is InChI=1S/C14H19NS2/c1-4-12-7-8-14(17-12)11(3)15-10(2)13-6-5-9-16-13/h5-11,15H,4H2,1-3H3/t10-,11?/m0/s1. The van der Waals surface area contributed by atoms with E-state index < -0.39 is 0 Å². The van der Waals surface area contributed by atoms with Gasteiger partial charge in [-0.05, 0) is 43.8 Å². The lowest BCUT2D eigenvalue weighted by Crippen LogP contribution is -2.20. The Kier molecular flexibility index (Phi) is 4.37. The molecule has 0 saturated heterocycles. The van der Waals surface area contributed by atoms with Crippen LogP contribution in [0.2, 0.25) is 0 Å². The van der Waals surface area contributed by atoms with E-state index in [0.29, 0.717) is 12.1 Å². The maximum Gasteiger partial charge on any atom is 0.0391 e. The van der Waals surface area contributed by atoms with Crippen LogP contribution >= 0.6 is 22.7 Å². The summed E-state index contributed by atoms with van der Waals surface area (Å²) in [5, 5.41) is 5.79. The molecule has 0 bridgehead atoms. The van der Waals surface area contributed by atoms with E-state index in [0.717, 1.165) is 6.42 Å². The number of hydrogen-bond acceptors (Lipinski definition) is 3. The molecule has 2 atom stereocenters. The minimum atomic E-state index is 0.428. The molecule has 0 aromatic carbocycles. The van der Waals surface area contributed by atoms with E-state index in [1.54, 1.807) is 0 Å². The van der Waals surface area contributed by atoms with Gasteiger partial charge in [-0.15, -0.1) is 22.7 Å². The minimum absolute atomic E-state index is 0.428. The Bertz CT molecular complexity index is 444. The van der Waals surface area contributed by atoms with Gasteiger partial charge in [0.05, 0.1) is 0 Å². The second-order valence-corrected chi connectivity index (χ2v) is 6.46. The van der Waals surface area contributed by atoms with Gasteiger partial charge < -0.3 is 5.32 Å². The van der Waals surface area contributed by atoms with Gasteiger partial charge >= 0.3 is 0 Å². The summed E-state index contributed by atoms with van der Waals surface area (Å²) in [7, 11) is 0. The van der Waals surface area contributed by atoms with E-state index in [-0.39, 0.29) is 0 Å². The molecule has 92 valence electrons. The summed E-state index contributed by atoms with van der Waals surface area (Å²) in [6.45, 7) is 6.69. The molecule has 2 aromatic heterocycles. The lowest BCUT2D eigenvalue weighted by molar-refractivity contribution is 0.506. The van der Waals surface area contributed by atoms with Crippen molar-refractivity contribution in [1.82, 2.24) is 5.32 Å². The van der Waals surface area contributed by atoms with Crippen LogP contribution in [0, 0.1) is 0 Å². The number of nitrogens with one attached hydrogen (secondary N) is 1. The SMILES string of the molecule is CCc1ccc(C(C)N[C@@H](C)c2cccs2)s1. The van der Waals surface area contributed by atoms with Crippen LogP contribution in [0.1, 0.15) is 47.5 Å². The third-order valence-corrected chi connectivity index (χ3v) is 5.39. The van der Waals surface area contributed by atoms with Crippen molar-refractivity contribution in [2.24, 2.45) is 0 Å². The Labute approximate surface area is 112 Å². The molecular formula is C14H19NS2. The Morgan fingerprint density at radius 1 is 1.12 bits per heavy atom. The van der Waals surface area contributed by atoms with Crippen molar-refractivity contribution in [3.05, 3.63) is 44.3 Å². The summed E-state index contributed by atoms with van der Waals surface area (Å²) in [6, 6.07) is 9.66. The van der Waals surface area contributed by atoms with Crippen molar-refractivity contribution in [3.8, 4) is 0 Å². The molecule has 0 aliphatic carbocycles. The molecule has 0 saturated carbocycles. The third-order valence-electron chi connectivity index (χ3n) is 2.93. The molecule has 2 rings (SSSR count). The van der Waals surface area contributed by atoms with Crippen LogP contribution in [0.5, 0.6) is 0 Å². The molecule has 2 heterocycles. The second kappa shape index (κ2) is 5.80. The maximum atomic E-state index is 3.66. The topological polar surface area (TPSA) is 12.0 Å². The van der Waals surface area contributed by atoms with Gasteiger partial charge in [0.2, 0.25) is 0 Å². The van der Waals surface area contributed by atoms with Gasteiger partial charge in [0.25, 0.3) is 0 Å². The average Bonchev–Trinajstić information content (AvgIpc) is 3.00. The zero-order chi connectivity index (χ0) is 12.3.